The minimum Gasteiger partial charge on any atom is -0.367 e. The zero-order valence-corrected chi connectivity index (χ0v) is 16.1. The van der Waals surface area contributed by atoms with Gasteiger partial charge in [0, 0.05) is 24.3 Å². The third-order valence-electron chi connectivity index (χ3n) is 4.53. The number of aromatic nitrogens is 1. The van der Waals surface area contributed by atoms with E-state index in [2.05, 4.69) is 61.9 Å². The SMILES string of the molecule is C=C(c1ccccn1)C(CC)N=C(NC(C)CC)c1ccc(CN)cc1. The van der Waals surface area contributed by atoms with Crippen molar-refractivity contribution in [2.45, 2.75) is 52.2 Å². The average Bonchev–Trinajstić information content (AvgIpc) is 2.71. The van der Waals surface area contributed by atoms with Crippen LogP contribution in [0.1, 0.15) is 50.4 Å². The molecule has 4 nitrogen and oxygen atoms in total. The lowest BCUT2D eigenvalue weighted by molar-refractivity contribution is 0.637. The average molecular weight is 351 g/mol. The van der Waals surface area contributed by atoms with Crippen LogP contribution in [0.15, 0.2) is 60.2 Å². The van der Waals surface area contributed by atoms with Crippen molar-refractivity contribution >= 4 is 11.4 Å². The second-order valence-corrected chi connectivity index (χ2v) is 6.50. The molecule has 26 heavy (non-hydrogen) atoms. The molecule has 0 radical (unpaired) electrons. The van der Waals surface area contributed by atoms with Crippen molar-refractivity contribution in [3.05, 3.63) is 72.1 Å². The number of nitrogens with one attached hydrogen (secondary N) is 1. The van der Waals surface area contributed by atoms with Crippen molar-refractivity contribution in [3.8, 4) is 0 Å². The molecular weight excluding hydrogens is 320 g/mol. The Kier molecular flexibility index (Phi) is 7.54. The molecule has 0 bridgehead atoms. The van der Waals surface area contributed by atoms with Gasteiger partial charge in [-0.25, -0.2) is 0 Å². The van der Waals surface area contributed by atoms with Crippen molar-refractivity contribution in [1.29, 1.82) is 0 Å². The van der Waals surface area contributed by atoms with E-state index in [0.717, 1.165) is 41.1 Å². The maximum atomic E-state index is 5.72. The fourth-order valence-electron chi connectivity index (χ4n) is 2.62. The van der Waals surface area contributed by atoms with Crippen LogP contribution in [0.25, 0.3) is 5.57 Å². The number of rotatable bonds is 8. The van der Waals surface area contributed by atoms with Gasteiger partial charge in [0.2, 0.25) is 0 Å². The third-order valence-corrected chi connectivity index (χ3v) is 4.53. The van der Waals surface area contributed by atoms with Crippen LogP contribution in [-0.2, 0) is 6.54 Å². The standard InChI is InChI=1S/C22H30N4/c1-5-16(3)25-22(19-12-10-18(15-23)11-13-19)26-20(6-2)17(4)21-9-7-8-14-24-21/h7-14,16,20H,4-6,15,23H2,1-3H3,(H,25,26). The molecule has 1 heterocycles. The third kappa shape index (κ3) is 5.27. The molecule has 2 aromatic rings. The summed E-state index contributed by atoms with van der Waals surface area (Å²) in [5.41, 5.74) is 9.73. The first-order chi connectivity index (χ1) is 12.6. The summed E-state index contributed by atoms with van der Waals surface area (Å²) < 4.78 is 0. The van der Waals surface area contributed by atoms with Crippen LogP contribution in [0.4, 0.5) is 0 Å². The number of amidine groups is 1. The van der Waals surface area contributed by atoms with Crippen molar-refractivity contribution in [2.24, 2.45) is 10.7 Å². The summed E-state index contributed by atoms with van der Waals surface area (Å²) in [6, 6.07) is 14.4. The Bertz CT molecular complexity index is 720. The van der Waals surface area contributed by atoms with Gasteiger partial charge in [-0.3, -0.25) is 9.98 Å². The van der Waals surface area contributed by atoms with Gasteiger partial charge in [0.15, 0.2) is 0 Å². The molecule has 2 unspecified atom stereocenters. The molecule has 1 aromatic heterocycles. The lowest BCUT2D eigenvalue weighted by atomic mass is 10.0. The first-order valence-corrected chi connectivity index (χ1v) is 9.32. The number of pyridine rings is 1. The number of hydrogen-bond donors (Lipinski definition) is 2. The van der Waals surface area contributed by atoms with Crippen LogP contribution in [0.3, 0.4) is 0 Å². The molecule has 138 valence electrons. The summed E-state index contributed by atoms with van der Waals surface area (Å²) in [6.45, 7) is 11.3. The van der Waals surface area contributed by atoms with Crippen LogP contribution < -0.4 is 11.1 Å². The molecule has 0 fully saturated rings. The molecule has 0 saturated heterocycles. The van der Waals surface area contributed by atoms with E-state index in [0.29, 0.717) is 12.6 Å². The van der Waals surface area contributed by atoms with Gasteiger partial charge < -0.3 is 11.1 Å². The number of benzene rings is 1. The van der Waals surface area contributed by atoms with Crippen molar-refractivity contribution < 1.29 is 0 Å². The highest BCUT2D eigenvalue weighted by atomic mass is 15.0. The monoisotopic (exact) mass is 350 g/mol. The van der Waals surface area contributed by atoms with E-state index in [9.17, 15) is 0 Å². The van der Waals surface area contributed by atoms with Crippen molar-refractivity contribution in [1.82, 2.24) is 10.3 Å². The van der Waals surface area contributed by atoms with Crippen LogP contribution >= 0.6 is 0 Å². The maximum absolute atomic E-state index is 5.72. The van der Waals surface area contributed by atoms with E-state index in [-0.39, 0.29) is 6.04 Å². The molecule has 0 amide bonds. The zero-order valence-electron chi connectivity index (χ0n) is 16.1. The minimum atomic E-state index is -0.0226. The summed E-state index contributed by atoms with van der Waals surface area (Å²) in [5, 5.41) is 3.55. The first kappa shape index (κ1) is 19.9. The summed E-state index contributed by atoms with van der Waals surface area (Å²) in [6.07, 6.45) is 3.68. The highest BCUT2D eigenvalue weighted by Gasteiger charge is 2.15. The molecular formula is C22H30N4. The number of nitrogens with zero attached hydrogens (tertiary/aromatic N) is 2. The zero-order chi connectivity index (χ0) is 18.9. The van der Waals surface area contributed by atoms with Crippen molar-refractivity contribution in [2.75, 3.05) is 0 Å². The molecule has 3 N–H and O–H groups in total. The molecule has 4 heteroatoms. The van der Waals surface area contributed by atoms with Crippen LogP contribution in [0.2, 0.25) is 0 Å². The van der Waals surface area contributed by atoms with Crippen LogP contribution in [-0.4, -0.2) is 22.9 Å². The van der Waals surface area contributed by atoms with E-state index < -0.39 is 0 Å². The summed E-state index contributed by atoms with van der Waals surface area (Å²) >= 11 is 0. The van der Waals surface area contributed by atoms with Crippen LogP contribution in [0, 0.1) is 0 Å². The predicted octanol–water partition coefficient (Wildman–Crippen LogP) is 4.17. The molecule has 2 rings (SSSR count). The number of aliphatic imine (C=N–C) groups is 1. The van der Waals surface area contributed by atoms with Gasteiger partial charge in [-0.15, -0.1) is 0 Å². The van der Waals surface area contributed by atoms with E-state index >= 15 is 0 Å². The van der Waals surface area contributed by atoms with Gasteiger partial charge in [-0.1, -0.05) is 50.8 Å². The number of hydrogen-bond acceptors (Lipinski definition) is 3. The van der Waals surface area contributed by atoms with E-state index in [1.165, 1.54) is 0 Å². The highest BCUT2D eigenvalue weighted by Crippen LogP contribution is 2.20. The molecule has 0 aliphatic rings. The van der Waals surface area contributed by atoms with Crippen molar-refractivity contribution in [3.63, 3.8) is 0 Å². The lowest BCUT2D eigenvalue weighted by Gasteiger charge is -2.20. The number of nitrogens with two attached hydrogens (primary N) is 1. The Labute approximate surface area is 157 Å². The molecule has 2 atom stereocenters. The summed E-state index contributed by atoms with van der Waals surface area (Å²) in [4.78, 5) is 9.44. The normalized spacial score (nSPS) is 13.9. The van der Waals surface area contributed by atoms with Gasteiger partial charge in [0.25, 0.3) is 0 Å². The summed E-state index contributed by atoms with van der Waals surface area (Å²) in [5.74, 6) is 0.895. The highest BCUT2D eigenvalue weighted by molar-refractivity contribution is 5.99. The lowest BCUT2D eigenvalue weighted by Crippen LogP contribution is -2.34. The van der Waals surface area contributed by atoms with Gasteiger partial charge >= 0.3 is 0 Å². The van der Waals surface area contributed by atoms with Gasteiger partial charge in [-0.2, -0.15) is 0 Å². The quantitative estimate of drug-likeness (QED) is 0.555. The molecule has 1 aromatic carbocycles. The van der Waals surface area contributed by atoms with E-state index in [1.54, 1.807) is 6.20 Å². The minimum absolute atomic E-state index is 0.0226. The molecule has 0 aliphatic heterocycles. The van der Waals surface area contributed by atoms with E-state index in [1.807, 2.05) is 18.2 Å². The Morgan fingerprint density at radius 2 is 1.88 bits per heavy atom. The largest absolute Gasteiger partial charge is 0.367 e. The maximum Gasteiger partial charge on any atom is 0.129 e. The van der Waals surface area contributed by atoms with Gasteiger partial charge in [0.1, 0.15) is 5.84 Å². The summed E-state index contributed by atoms with van der Waals surface area (Å²) in [7, 11) is 0. The fraction of sp³-hybridized carbons (Fsp3) is 0.364. The van der Waals surface area contributed by atoms with E-state index in [4.69, 9.17) is 10.7 Å². The second kappa shape index (κ2) is 9.88. The molecule has 0 saturated carbocycles. The molecule has 0 spiro atoms. The Hall–Kier alpha value is -2.46. The Morgan fingerprint density at radius 1 is 1.15 bits per heavy atom. The van der Waals surface area contributed by atoms with Gasteiger partial charge in [0.05, 0.1) is 11.7 Å². The smallest absolute Gasteiger partial charge is 0.129 e. The fourth-order valence-corrected chi connectivity index (χ4v) is 2.62. The second-order valence-electron chi connectivity index (χ2n) is 6.50. The van der Waals surface area contributed by atoms with Crippen LogP contribution in [0.5, 0.6) is 0 Å². The Morgan fingerprint density at radius 3 is 2.42 bits per heavy atom. The Balaban J connectivity index is 2.35. The topological polar surface area (TPSA) is 63.3 Å². The molecule has 0 aliphatic carbocycles. The predicted molar refractivity (Wildman–Crippen MR) is 111 cm³/mol. The van der Waals surface area contributed by atoms with Gasteiger partial charge in [-0.05, 0) is 43.0 Å². The first-order valence-electron chi connectivity index (χ1n) is 9.32.